The van der Waals surface area contributed by atoms with Crippen molar-refractivity contribution in [2.75, 3.05) is 5.73 Å². The highest BCUT2D eigenvalue weighted by Gasteiger charge is 2.15. The fourth-order valence-corrected chi connectivity index (χ4v) is 1.86. The second-order valence-corrected chi connectivity index (χ2v) is 3.88. The molecule has 19 heavy (non-hydrogen) atoms. The Morgan fingerprint density at radius 1 is 1.26 bits per heavy atom. The number of hydrogen-bond acceptors (Lipinski definition) is 5. The maximum Gasteiger partial charge on any atom is 0.296 e. The number of rotatable bonds is 4. The van der Waals surface area contributed by atoms with E-state index < -0.39 is 0 Å². The zero-order chi connectivity index (χ0) is 13.8. The van der Waals surface area contributed by atoms with Crippen LogP contribution in [0.2, 0.25) is 0 Å². The molecule has 0 spiro atoms. The second kappa shape index (κ2) is 5.47. The Kier molecular flexibility index (Phi) is 3.74. The monoisotopic (exact) mass is 260 g/mol. The first-order chi connectivity index (χ1) is 9.19. The molecule has 7 heteroatoms. The number of pyridine rings is 1. The van der Waals surface area contributed by atoms with Gasteiger partial charge in [0.25, 0.3) is 5.56 Å². The van der Waals surface area contributed by atoms with E-state index in [-0.39, 0.29) is 11.2 Å². The molecule has 0 saturated heterocycles. The van der Waals surface area contributed by atoms with Gasteiger partial charge in [-0.2, -0.15) is 0 Å². The molecular weight excluding hydrogens is 244 g/mol. The zero-order valence-corrected chi connectivity index (χ0v) is 10.9. The topological polar surface area (TPSA) is 90.6 Å². The maximum atomic E-state index is 12.1. The van der Waals surface area contributed by atoms with Crippen LogP contribution >= 0.6 is 0 Å². The number of nitrogen functional groups attached to an aromatic ring is 1. The Bertz CT molecular complexity index is 640. The van der Waals surface area contributed by atoms with Crippen LogP contribution in [0.3, 0.4) is 0 Å². The third-order valence-corrected chi connectivity index (χ3v) is 2.76. The molecule has 2 N–H and O–H groups in total. The molecule has 0 fully saturated rings. The lowest BCUT2D eigenvalue weighted by Gasteiger charge is -2.07. The first kappa shape index (κ1) is 13.0. The van der Waals surface area contributed by atoms with Crippen molar-refractivity contribution < 1.29 is 0 Å². The molecule has 100 valence electrons. The standard InChI is InChI=1S/C12H16N6O/c1-3-17-11(13)10(12(19)18(17)4-2)16-15-9-6-5-7-14-8-9/h5-8H,3-4,13H2,1-2H3. The molecule has 2 rings (SSSR count). The highest BCUT2D eigenvalue weighted by atomic mass is 16.1. The molecular formula is C12H16N6O. The van der Waals surface area contributed by atoms with Gasteiger partial charge in [-0.15, -0.1) is 10.2 Å². The molecule has 7 nitrogen and oxygen atoms in total. The van der Waals surface area contributed by atoms with Crippen LogP contribution in [0.5, 0.6) is 0 Å². The molecule has 2 aromatic rings. The van der Waals surface area contributed by atoms with Gasteiger partial charge in [0, 0.05) is 19.3 Å². The minimum absolute atomic E-state index is 0.174. The molecule has 2 aromatic heterocycles. The van der Waals surface area contributed by atoms with Crippen molar-refractivity contribution in [1.82, 2.24) is 14.3 Å². The summed E-state index contributed by atoms with van der Waals surface area (Å²) in [6.45, 7) is 4.95. The summed E-state index contributed by atoms with van der Waals surface area (Å²) >= 11 is 0. The summed E-state index contributed by atoms with van der Waals surface area (Å²) in [7, 11) is 0. The molecule has 0 aromatic carbocycles. The summed E-state index contributed by atoms with van der Waals surface area (Å²) < 4.78 is 3.24. The van der Waals surface area contributed by atoms with Crippen molar-refractivity contribution in [3.05, 3.63) is 34.9 Å². The van der Waals surface area contributed by atoms with Gasteiger partial charge in [0.15, 0.2) is 11.5 Å². The van der Waals surface area contributed by atoms with E-state index in [4.69, 9.17) is 5.73 Å². The Morgan fingerprint density at radius 3 is 2.53 bits per heavy atom. The molecule has 0 bridgehead atoms. The summed E-state index contributed by atoms with van der Waals surface area (Å²) in [5.74, 6) is 0.335. The smallest absolute Gasteiger partial charge is 0.296 e. The maximum absolute atomic E-state index is 12.1. The van der Waals surface area contributed by atoms with Gasteiger partial charge in [-0.1, -0.05) is 0 Å². The predicted octanol–water partition coefficient (Wildman–Crippen LogP) is 2.08. The highest BCUT2D eigenvalue weighted by molar-refractivity contribution is 5.56. The Balaban J connectivity index is 2.44. The number of aromatic nitrogens is 3. The lowest BCUT2D eigenvalue weighted by Crippen LogP contribution is -2.21. The van der Waals surface area contributed by atoms with E-state index in [0.717, 1.165) is 0 Å². The van der Waals surface area contributed by atoms with E-state index in [9.17, 15) is 4.79 Å². The Hall–Kier alpha value is -2.44. The number of hydrogen-bond donors (Lipinski definition) is 1. The molecule has 0 aliphatic heterocycles. The summed E-state index contributed by atoms with van der Waals surface area (Å²) in [4.78, 5) is 16.0. The van der Waals surface area contributed by atoms with Crippen LogP contribution in [0.15, 0.2) is 39.5 Å². The normalized spacial score (nSPS) is 11.3. The fourth-order valence-electron chi connectivity index (χ4n) is 1.86. The van der Waals surface area contributed by atoms with Gasteiger partial charge in [0.05, 0.1) is 6.20 Å². The zero-order valence-electron chi connectivity index (χ0n) is 10.9. The van der Waals surface area contributed by atoms with E-state index in [2.05, 4.69) is 15.2 Å². The minimum Gasteiger partial charge on any atom is -0.382 e. The largest absolute Gasteiger partial charge is 0.382 e. The van der Waals surface area contributed by atoms with Gasteiger partial charge < -0.3 is 5.73 Å². The fraction of sp³-hybridized carbons (Fsp3) is 0.333. The number of anilines is 1. The first-order valence-corrected chi connectivity index (χ1v) is 6.09. The molecule has 0 amide bonds. The van der Waals surface area contributed by atoms with Gasteiger partial charge in [-0.3, -0.25) is 14.5 Å². The van der Waals surface area contributed by atoms with Gasteiger partial charge in [-0.25, -0.2) is 4.68 Å². The van der Waals surface area contributed by atoms with Crippen molar-refractivity contribution in [2.45, 2.75) is 26.9 Å². The molecule has 0 aliphatic rings. The van der Waals surface area contributed by atoms with E-state index in [0.29, 0.717) is 24.6 Å². The molecule has 0 aliphatic carbocycles. The van der Waals surface area contributed by atoms with Crippen LogP contribution in [-0.4, -0.2) is 14.3 Å². The van der Waals surface area contributed by atoms with Crippen LogP contribution in [-0.2, 0) is 13.1 Å². The predicted molar refractivity (Wildman–Crippen MR) is 72.9 cm³/mol. The summed E-state index contributed by atoms with van der Waals surface area (Å²) in [6, 6.07) is 3.50. The molecule has 0 saturated carbocycles. The lowest BCUT2D eigenvalue weighted by atomic mass is 10.4. The highest BCUT2D eigenvalue weighted by Crippen LogP contribution is 2.21. The average molecular weight is 260 g/mol. The molecule has 0 unspecified atom stereocenters. The van der Waals surface area contributed by atoms with Crippen molar-refractivity contribution in [2.24, 2.45) is 10.2 Å². The van der Waals surface area contributed by atoms with Crippen molar-refractivity contribution in [3.8, 4) is 0 Å². The summed E-state index contributed by atoms with van der Waals surface area (Å²) in [6.07, 6.45) is 3.21. The van der Waals surface area contributed by atoms with E-state index >= 15 is 0 Å². The van der Waals surface area contributed by atoms with E-state index in [1.807, 2.05) is 13.8 Å². The minimum atomic E-state index is -0.227. The van der Waals surface area contributed by atoms with Crippen LogP contribution in [0.25, 0.3) is 0 Å². The summed E-state index contributed by atoms with van der Waals surface area (Å²) in [5.41, 5.74) is 6.45. The van der Waals surface area contributed by atoms with E-state index in [1.165, 1.54) is 0 Å². The number of azo groups is 1. The number of nitrogens with zero attached hydrogens (tertiary/aromatic N) is 5. The SMILES string of the molecule is CCn1c(N)c(N=Nc2cccnc2)c(=O)n1CC. The van der Waals surface area contributed by atoms with Gasteiger partial charge >= 0.3 is 0 Å². The van der Waals surface area contributed by atoms with Crippen molar-refractivity contribution >= 4 is 17.2 Å². The van der Waals surface area contributed by atoms with Crippen LogP contribution in [0.4, 0.5) is 17.2 Å². The summed E-state index contributed by atoms with van der Waals surface area (Å²) in [5, 5.41) is 7.94. The van der Waals surface area contributed by atoms with Gasteiger partial charge in [0.2, 0.25) is 0 Å². The van der Waals surface area contributed by atoms with Crippen LogP contribution in [0, 0.1) is 0 Å². The number of nitrogens with two attached hydrogens (primary N) is 1. The Labute approximate surface area is 110 Å². The first-order valence-electron chi connectivity index (χ1n) is 6.09. The third kappa shape index (κ3) is 2.40. The second-order valence-electron chi connectivity index (χ2n) is 3.88. The molecule has 0 radical (unpaired) electrons. The third-order valence-electron chi connectivity index (χ3n) is 2.76. The average Bonchev–Trinajstić information content (AvgIpc) is 2.68. The lowest BCUT2D eigenvalue weighted by molar-refractivity contribution is 0.483. The van der Waals surface area contributed by atoms with Gasteiger partial charge in [0.1, 0.15) is 5.69 Å². The van der Waals surface area contributed by atoms with Crippen molar-refractivity contribution in [1.29, 1.82) is 0 Å². The van der Waals surface area contributed by atoms with E-state index in [1.54, 1.807) is 33.9 Å². The van der Waals surface area contributed by atoms with Crippen molar-refractivity contribution in [3.63, 3.8) is 0 Å². The van der Waals surface area contributed by atoms with Crippen LogP contribution < -0.4 is 11.3 Å². The quantitative estimate of drug-likeness (QED) is 0.853. The van der Waals surface area contributed by atoms with Gasteiger partial charge in [-0.05, 0) is 26.0 Å². The Morgan fingerprint density at radius 2 is 2.00 bits per heavy atom. The van der Waals surface area contributed by atoms with Crippen LogP contribution in [0.1, 0.15) is 13.8 Å². The molecule has 0 atom stereocenters. The molecule has 2 heterocycles.